The van der Waals surface area contributed by atoms with Crippen LogP contribution in [0.25, 0.3) is 0 Å². The van der Waals surface area contributed by atoms with Gasteiger partial charge in [0.2, 0.25) is 8.32 Å². The Morgan fingerprint density at radius 2 is 2.00 bits per heavy atom. The van der Waals surface area contributed by atoms with Crippen molar-refractivity contribution in [2.45, 2.75) is 25.7 Å². The van der Waals surface area contributed by atoms with Crippen LogP contribution in [0.3, 0.4) is 0 Å². The van der Waals surface area contributed by atoms with Crippen molar-refractivity contribution >= 4 is 30.2 Å². The van der Waals surface area contributed by atoms with Gasteiger partial charge in [0, 0.05) is 0 Å². The van der Waals surface area contributed by atoms with Gasteiger partial charge in [-0.3, -0.25) is 4.79 Å². The van der Waals surface area contributed by atoms with Gasteiger partial charge in [-0.1, -0.05) is 6.07 Å². The summed E-state index contributed by atoms with van der Waals surface area (Å²) in [6.45, 7) is 6.31. The summed E-state index contributed by atoms with van der Waals surface area (Å²) in [4.78, 5) is 11.4. The van der Waals surface area contributed by atoms with E-state index in [2.05, 4.69) is 40.3 Å². The number of benzene rings is 1. The standard InChI is InChI=1S/C12H18BrNO3Si/c1-16-12(15)11(14)8-5-6-10(9(13)7-8)17-18(2,3)4/h5-7,11H,14H2,1-4H3. The Morgan fingerprint density at radius 1 is 1.39 bits per heavy atom. The highest BCUT2D eigenvalue weighted by atomic mass is 79.9. The minimum Gasteiger partial charge on any atom is -0.544 e. The van der Waals surface area contributed by atoms with Crippen molar-refractivity contribution < 1.29 is 14.0 Å². The largest absolute Gasteiger partial charge is 0.544 e. The lowest BCUT2D eigenvalue weighted by Crippen LogP contribution is -2.29. The highest BCUT2D eigenvalue weighted by molar-refractivity contribution is 9.10. The van der Waals surface area contributed by atoms with Gasteiger partial charge in [0.05, 0.1) is 11.6 Å². The molecule has 100 valence electrons. The molecule has 0 fully saturated rings. The number of carbonyl (C=O) groups excluding carboxylic acids is 1. The summed E-state index contributed by atoms with van der Waals surface area (Å²) in [6, 6.07) is 4.62. The Kier molecular flexibility index (Phi) is 4.95. The molecular formula is C12H18BrNO3Si. The first-order valence-corrected chi connectivity index (χ1v) is 9.76. The van der Waals surface area contributed by atoms with E-state index in [9.17, 15) is 4.79 Å². The molecule has 1 aromatic carbocycles. The lowest BCUT2D eigenvalue weighted by atomic mass is 10.1. The molecule has 0 saturated carbocycles. The van der Waals surface area contributed by atoms with Crippen molar-refractivity contribution in [2.75, 3.05) is 7.11 Å². The lowest BCUT2D eigenvalue weighted by Gasteiger charge is -2.21. The molecule has 0 bridgehead atoms. The summed E-state index contributed by atoms with van der Waals surface area (Å²) in [7, 11) is -0.336. The van der Waals surface area contributed by atoms with Gasteiger partial charge in [-0.25, -0.2) is 0 Å². The van der Waals surface area contributed by atoms with E-state index in [1.54, 1.807) is 12.1 Å². The molecule has 4 nitrogen and oxygen atoms in total. The topological polar surface area (TPSA) is 61.5 Å². The van der Waals surface area contributed by atoms with E-state index in [0.29, 0.717) is 5.56 Å². The van der Waals surface area contributed by atoms with Crippen LogP contribution in [0.15, 0.2) is 22.7 Å². The average Bonchev–Trinajstić information content (AvgIpc) is 2.28. The van der Waals surface area contributed by atoms with Crippen molar-refractivity contribution in [3.63, 3.8) is 0 Å². The van der Waals surface area contributed by atoms with Crippen molar-refractivity contribution in [3.05, 3.63) is 28.2 Å². The number of esters is 1. The molecule has 0 spiro atoms. The summed E-state index contributed by atoms with van der Waals surface area (Å²) in [5.41, 5.74) is 6.46. The fourth-order valence-corrected chi connectivity index (χ4v) is 2.85. The van der Waals surface area contributed by atoms with Gasteiger partial charge in [-0.2, -0.15) is 0 Å². The van der Waals surface area contributed by atoms with Crippen LogP contribution in [-0.4, -0.2) is 21.4 Å². The second kappa shape index (κ2) is 5.86. The van der Waals surface area contributed by atoms with Crippen LogP contribution in [0.5, 0.6) is 5.75 Å². The molecule has 0 heterocycles. The molecule has 0 aliphatic rings. The van der Waals surface area contributed by atoms with Gasteiger partial charge in [-0.05, 0) is 53.3 Å². The van der Waals surface area contributed by atoms with Crippen LogP contribution in [-0.2, 0) is 9.53 Å². The van der Waals surface area contributed by atoms with Crippen LogP contribution in [0.2, 0.25) is 19.6 Å². The smallest absolute Gasteiger partial charge is 0.327 e. The molecular weight excluding hydrogens is 314 g/mol. The predicted molar refractivity (Wildman–Crippen MR) is 77.1 cm³/mol. The van der Waals surface area contributed by atoms with Crippen molar-refractivity contribution in [3.8, 4) is 5.75 Å². The molecule has 0 aliphatic heterocycles. The number of carbonyl (C=O) groups is 1. The zero-order chi connectivity index (χ0) is 13.9. The third-order valence-electron chi connectivity index (χ3n) is 2.19. The molecule has 2 N–H and O–H groups in total. The Morgan fingerprint density at radius 3 is 2.44 bits per heavy atom. The molecule has 0 aliphatic carbocycles. The summed E-state index contributed by atoms with van der Waals surface area (Å²) >= 11 is 3.43. The first kappa shape index (κ1) is 15.2. The first-order valence-electron chi connectivity index (χ1n) is 5.56. The minimum atomic E-state index is -1.66. The van der Waals surface area contributed by atoms with E-state index in [1.165, 1.54) is 7.11 Å². The van der Waals surface area contributed by atoms with E-state index in [0.717, 1.165) is 10.2 Å². The van der Waals surface area contributed by atoms with Gasteiger partial charge in [0.25, 0.3) is 0 Å². The predicted octanol–water partition coefficient (Wildman–Crippen LogP) is 2.84. The number of nitrogens with two attached hydrogens (primary N) is 1. The SMILES string of the molecule is COC(=O)C(N)c1ccc(O[Si](C)(C)C)c(Br)c1. The third kappa shape index (κ3) is 4.11. The summed E-state index contributed by atoms with van der Waals surface area (Å²) in [6.07, 6.45) is 0. The molecule has 0 aromatic heterocycles. The van der Waals surface area contributed by atoms with E-state index >= 15 is 0 Å². The maximum atomic E-state index is 11.4. The van der Waals surface area contributed by atoms with E-state index in [-0.39, 0.29) is 0 Å². The van der Waals surface area contributed by atoms with Crippen LogP contribution in [0.1, 0.15) is 11.6 Å². The fraction of sp³-hybridized carbons (Fsp3) is 0.417. The maximum Gasteiger partial charge on any atom is 0.327 e. The number of hydrogen-bond donors (Lipinski definition) is 1. The van der Waals surface area contributed by atoms with Crippen LogP contribution < -0.4 is 10.2 Å². The molecule has 1 rings (SSSR count). The molecule has 18 heavy (non-hydrogen) atoms. The van der Waals surface area contributed by atoms with Gasteiger partial charge in [0.15, 0.2) is 0 Å². The third-order valence-corrected chi connectivity index (χ3v) is 3.64. The van der Waals surface area contributed by atoms with Gasteiger partial charge in [0.1, 0.15) is 11.8 Å². The van der Waals surface area contributed by atoms with E-state index in [1.807, 2.05) is 6.07 Å². The van der Waals surface area contributed by atoms with Crippen LogP contribution >= 0.6 is 15.9 Å². The van der Waals surface area contributed by atoms with Crippen LogP contribution in [0.4, 0.5) is 0 Å². The number of methoxy groups -OCH3 is 1. The highest BCUT2D eigenvalue weighted by Gasteiger charge is 2.20. The summed E-state index contributed by atoms with van der Waals surface area (Å²) < 4.78 is 11.3. The zero-order valence-electron chi connectivity index (χ0n) is 11.0. The molecule has 1 aromatic rings. The molecule has 0 radical (unpaired) electrons. The Hall–Kier alpha value is -0.853. The quantitative estimate of drug-likeness (QED) is 0.680. The fourth-order valence-electron chi connectivity index (χ4n) is 1.39. The Labute approximate surface area is 117 Å². The first-order chi connectivity index (χ1) is 8.24. The van der Waals surface area contributed by atoms with Crippen molar-refractivity contribution in [2.24, 2.45) is 5.73 Å². The number of ether oxygens (including phenoxy) is 1. The lowest BCUT2D eigenvalue weighted by molar-refractivity contribution is -0.142. The van der Waals surface area contributed by atoms with E-state index in [4.69, 9.17) is 10.2 Å². The van der Waals surface area contributed by atoms with Gasteiger partial charge >= 0.3 is 5.97 Å². The normalized spacial score (nSPS) is 13.0. The number of hydrogen-bond acceptors (Lipinski definition) is 4. The van der Waals surface area contributed by atoms with Crippen LogP contribution in [0, 0.1) is 0 Å². The summed E-state index contributed by atoms with van der Waals surface area (Å²) in [5.74, 6) is 0.316. The molecule has 0 amide bonds. The average molecular weight is 332 g/mol. The Balaban J connectivity index is 2.95. The second-order valence-corrected chi connectivity index (χ2v) is 10.2. The monoisotopic (exact) mass is 331 g/mol. The zero-order valence-corrected chi connectivity index (χ0v) is 13.6. The molecule has 0 saturated heterocycles. The molecule has 6 heteroatoms. The number of rotatable bonds is 4. The Bertz CT molecular complexity index is 445. The molecule has 1 unspecified atom stereocenters. The number of halogens is 1. The van der Waals surface area contributed by atoms with Crippen molar-refractivity contribution in [1.82, 2.24) is 0 Å². The second-order valence-electron chi connectivity index (χ2n) is 4.91. The van der Waals surface area contributed by atoms with Gasteiger partial charge < -0.3 is 14.9 Å². The van der Waals surface area contributed by atoms with Crippen molar-refractivity contribution in [1.29, 1.82) is 0 Å². The van der Waals surface area contributed by atoms with E-state index < -0.39 is 20.3 Å². The summed E-state index contributed by atoms with van der Waals surface area (Å²) in [5, 5.41) is 0. The molecule has 1 atom stereocenters. The highest BCUT2D eigenvalue weighted by Crippen LogP contribution is 2.30. The maximum absolute atomic E-state index is 11.4. The minimum absolute atomic E-state index is 0.458. The van der Waals surface area contributed by atoms with Gasteiger partial charge in [-0.15, -0.1) is 0 Å².